The fourth-order valence-electron chi connectivity index (χ4n) is 1.88. The van der Waals surface area contributed by atoms with Gasteiger partial charge in [-0.3, -0.25) is 0 Å². The van der Waals surface area contributed by atoms with Gasteiger partial charge in [0.1, 0.15) is 5.82 Å². The van der Waals surface area contributed by atoms with E-state index >= 15 is 0 Å². The number of aromatic nitrogens is 2. The largest absolute Gasteiger partial charge is 0.471 e. The number of hydrogen-bond donors (Lipinski definition) is 1. The first-order valence-electron chi connectivity index (χ1n) is 7.29. The van der Waals surface area contributed by atoms with Crippen LogP contribution < -0.4 is 4.72 Å². The number of halogens is 4. The zero-order valence-corrected chi connectivity index (χ0v) is 13.9. The molecule has 25 heavy (non-hydrogen) atoms. The van der Waals surface area contributed by atoms with Crippen LogP contribution in [0.4, 0.5) is 17.6 Å². The standard InChI is InChI=1S/C14H15F4N3O3S/c1-2-3-6-25(22,23)19-8-10-5-4-9(7-11(10)15)12-20-13(24-21-12)14(16,17)18/h4-5,7,19H,2-3,6,8H2,1H3. The van der Waals surface area contributed by atoms with E-state index < -0.39 is 33.7 Å². The number of nitrogens with one attached hydrogen (secondary N) is 1. The van der Waals surface area contributed by atoms with Crippen molar-refractivity contribution in [3.63, 3.8) is 0 Å². The third-order valence-electron chi connectivity index (χ3n) is 3.23. The highest BCUT2D eigenvalue weighted by atomic mass is 32.2. The Bertz CT molecular complexity index is 834. The topological polar surface area (TPSA) is 85.1 Å². The van der Waals surface area contributed by atoms with Crippen molar-refractivity contribution >= 4 is 10.0 Å². The molecule has 0 aliphatic heterocycles. The molecule has 0 aliphatic rings. The Morgan fingerprint density at radius 3 is 2.56 bits per heavy atom. The van der Waals surface area contributed by atoms with Crippen LogP contribution in [0.5, 0.6) is 0 Å². The maximum Gasteiger partial charge on any atom is 0.471 e. The second-order valence-corrected chi connectivity index (χ2v) is 7.15. The van der Waals surface area contributed by atoms with Gasteiger partial charge < -0.3 is 4.52 Å². The molecule has 0 radical (unpaired) electrons. The van der Waals surface area contributed by atoms with Crippen LogP contribution in [0.25, 0.3) is 11.4 Å². The van der Waals surface area contributed by atoms with E-state index in [-0.39, 0.29) is 23.4 Å². The minimum Gasteiger partial charge on any atom is -0.329 e. The smallest absolute Gasteiger partial charge is 0.329 e. The summed E-state index contributed by atoms with van der Waals surface area (Å²) in [6.45, 7) is 1.58. The lowest BCUT2D eigenvalue weighted by atomic mass is 10.1. The van der Waals surface area contributed by atoms with Gasteiger partial charge in [0.25, 0.3) is 0 Å². The van der Waals surface area contributed by atoms with Crippen LogP contribution in [0.2, 0.25) is 0 Å². The molecule has 0 saturated heterocycles. The highest BCUT2D eigenvalue weighted by molar-refractivity contribution is 7.89. The molecule has 0 spiro atoms. The van der Waals surface area contributed by atoms with Crippen LogP contribution in [0.1, 0.15) is 31.2 Å². The number of hydrogen-bond acceptors (Lipinski definition) is 5. The zero-order valence-electron chi connectivity index (χ0n) is 13.1. The Labute approximate surface area is 141 Å². The summed E-state index contributed by atoms with van der Waals surface area (Å²) < 4.78 is 81.1. The molecule has 2 rings (SSSR count). The Morgan fingerprint density at radius 1 is 1.28 bits per heavy atom. The van der Waals surface area contributed by atoms with Crippen molar-refractivity contribution in [1.29, 1.82) is 0 Å². The third kappa shape index (κ3) is 5.23. The van der Waals surface area contributed by atoms with E-state index in [0.29, 0.717) is 12.8 Å². The van der Waals surface area contributed by atoms with Crippen molar-refractivity contribution in [2.75, 3.05) is 5.75 Å². The summed E-state index contributed by atoms with van der Waals surface area (Å²) in [4.78, 5) is 3.16. The molecule has 1 N–H and O–H groups in total. The van der Waals surface area contributed by atoms with Gasteiger partial charge in [0.05, 0.1) is 5.75 Å². The van der Waals surface area contributed by atoms with Gasteiger partial charge in [-0.2, -0.15) is 18.2 Å². The summed E-state index contributed by atoms with van der Waals surface area (Å²) in [5.41, 5.74) is 0.0257. The highest BCUT2D eigenvalue weighted by Crippen LogP contribution is 2.29. The Balaban J connectivity index is 2.12. The van der Waals surface area contributed by atoms with E-state index in [1.807, 2.05) is 6.92 Å². The van der Waals surface area contributed by atoms with Crippen LogP contribution >= 0.6 is 0 Å². The van der Waals surface area contributed by atoms with Gasteiger partial charge in [0, 0.05) is 17.7 Å². The monoisotopic (exact) mass is 381 g/mol. The molecule has 0 unspecified atom stereocenters. The maximum atomic E-state index is 14.1. The van der Waals surface area contributed by atoms with Crippen molar-refractivity contribution in [3.05, 3.63) is 35.5 Å². The maximum absolute atomic E-state index is 14.1. The molecule has 6 nitrogen and oxygen atoms in total. The van der Waals surface area contributed by atoms with Gasteiger partial charge in [-0.15, -0.1) is 0 Å². The van der Waals surface area contributed by atoms with Gasteiger partial charge in [0.2, 0.25) is 15.8 Å². The zero-order chi connectivity index (χ0) is 18.7. The molecule has 1 heterocycles. The predicted octanol–water partition coefficient (Wildman–Crippen LogP) is 3.11. The molecule has 0 fully saturated rings. The van der Waals surface area contributed by atoms with E-state index in [1.165, 1.54) is 12.1 Å². The van der Waals surface area contributed by atoms with Crippen molar-refractivity contribution in [1.82, 2.24) is 14.9 Å². The Morgan fingerprint density at radius 2 is 2.00 bits per heavy atom. The van der Waals surface area contributed by atoms with E-state index in [4.69, 9.17) is 0 Å². The summed E-state index contributed by atoms with van der Waals surface area (Å²) in [7, 11) is -3.52. The van der Waals surface area contributed by atoms with Crippen LogP contribution in [-0.4, -0.2) is 24.3 Å². The molecular formula is C14H15F4N3O3S. The fraction of sp³-hybridized carbons (Fsp3) is 0.429. The number of benzene rings is 1. The molecular weight excluding hydrogens is 366 g/mol. The van der Waals surface area contributed by atoms with Gasteiger partial charge in [0.15, 0.2) is 0 Å². The summed E-state index contributed by atoms with van der Waals surface area (Å²) >= 11 is 0. The molecule has 0 saturated carbocycles. The highest BCUT2D eigenvalue weighted by Gasteiger charge is 2.38. The number of rotatable bonds is 7. The van der Waals surface area contributed by atoms with Crippen LogP contribution in [0.3, 0.4) is 0 Å². The SMILES string of the molecule is CCCCS(=O)(=O)NCc1ccc(-c2noc(C(F)(F)F)n2)cc1F. The van der Waals surface area contributed by atoms with E-state index in [9.17, 15) is 26.0 Å². The van der Waals surface area contributed by atoms with E-state index in [0.717, 1.165) is 6.07 Å². The average Bonchev–Trinajstić information content (AvgIpc) is 3.02. The lowest BCUT2D eigenvalue weighted by molar-refractivity contribution is -0.159. The molecule has 138 valence electrons. The normalized spacial score (nSPS) is 12.5. The van der Waals surface area contributed by atoms with Gasteiger partial charge >= 0.3 is 12.1 Å². The Kier molecular flexibility index (Phi) is 5.78. The molecule has 0 aliphatic carbocycles. The van der Waals surface area contributed by atoms with Crippen molar-refractivity contribution in [2.24, 2.45) is 0 Å². The molecule has 1 aromatic carbocycles. The summed E-state index contributed by atoms with van der Waals surface area (Å²) in [6.07, 6.45) is -3.61. The van der Waals surface area contributed by atoms with Gasteiger partial charge in [-0.05, 0) is 12.5 Å². The summed E-state index contributed by atoms with van der Waals surface area (Å²) in [6, 6.07) is 3.45. The average molecular weight is 381 g/mol. The van der Waals surface area contributed by atoms with Gasteiger partial charge in [-0.1, -0.05) is 30.6 Å². The minimum absolute atomic E-state index is 0.0191. The second-order valence-electron chi connectivity index (χ2n) is 5.22. The number of alkyl halides is 3. The third-order valence-corrected chi connectivity index (χ3v) is 4.64. The molecule has 11 heteroatoms. The first-order chi connectivity index (χ1) is 11.6. The quantitative estimate of drug-likeness (QED) is 0.745. The lowest BCUT2D eigenvalue weighted by Gasteiger charge is -2.07. The van der Waals surface area contributed by atoms with Crippen molar-refractivity contribution < 1.29 is 30.5 Å². The van der Waals surface area contributed by atoms with Crippen LogP contribution in [0.15, 0.2) is 22.7 Å². The number of unbranched alkanes of at least 4 members (excludes halogenated alkanes) is 1. The van der Waals surface area contributed by atoms with Crippen LogP contribution in [-0.2, 0) is 22.7 Å². The fourth-order valence-corrected chi connectivity index (χ4v) is 3.07. The number of sulfonamides is 1. The van der Waals surface area contributed by atoms with E-state index in [1.54, 1.807) is 0 Å². The number of nitrogens with zero attached hydrogens (tertiary/aromatic N) is 2. The molecule has 2 aromatic rings. The lowest BCUT2D eigenvalue weighted by Crippen LogP contribution is -2.26. The van der Waals surface area contributed by atoms with Crippen molar-refractivity contribution in [3.8, 4) is 11.4 Å². The first kappa shape index (κ1) is 19.3. The molecule has 0 amide bonds. The van der Waals surface area contributed by atoms with Crippen LogP contribution in [0, 0.1) is 5.82 Å². The van der Waals surface area contributed by atoms with E-state index in [2.05, 4.69) is 19.4 Å². The van der Waals surface area contributed by atoms with Gasteiger partial charge in [-0.25, -0.2) is 17.5 Å². The summed E-state index contributed by atoms with van der Waals surface area (Å²) in [5, 5.41) is 3.16. The Hall–Kier alpha value is -2.01. The predicted molar refractivity (Wildman–Crippen MR) is 80.2 cm³/mol. The second kappa shape index (κ2) is 7.48. The molecule has 1 aromatic heterocycles. The molecule has 0 bridgehead atoms. The first-order valence-corrected chi connectivity index (χ1v) is 8.94. The van der Waals surface area contributed by atoms with Crippen molar-refractivity contribution in [2.45, 2.75) is 32.5 Å². The summed E-state index contributed by atoms with van der Waals surface area (Å²) in [5.74, 6) is -2.81. The minimum atomic E-state index is -4.79. The molecule has 0 atom stereocenters.